The Labute approximate surface area is 133 Å². The summed E-state index contributed by atoms with van der Waals surface area (Å²) in [6.07, 6.45) is 0. The second-order valence-electron chi connectivity index (χ2n) is 6.13. The van der Waals surface area contributed by atoms with E-state index in [0.29, 0.717) is 16.6 Å². The third-order valence-corrected chi connectivity index (χ3v) is 11.4. The Morgan fingerprint density at radius 1 is 0.895 bits per heavy atom. The molecule has 0 N–H and O–H groups in total. The van der Waals surface area contributed by atoms with E-state index in [1.165, 1.54) is 9.13 Å². The van der Waals surface area contributed by atoms with Gasteiger partial charge in [-0.15, -0.1) is 5.54 Å². The van der Waals surface area contributed by atoms with E-state index in [0.717, 1.165) is 0 Å². The summed E-state index contributed by atoms with van der Waals surface area (Å²) in [7, 11) is -1.60. The van der Waals surface area contributed by atoms with E-state index in [2.05, 4.69) is 99.9 Å². The highest BCUT2D eigenvalue weighted by Gasteiger charge is 2.41. The Balaban J connectivity index is 3.28. The van der Waals surface area contributed by atoms with Crippen molar-refractivity contribution in [3.8, 4) is 11.5 Å². The average Bonchev–Trinajstić information content (AvgIpc) is 2.30. The minimum Gasteiger partial charge on any atom is -0.125 e. The zero-order valence-electron chi connectivity index (χ0n) is 12.9. The van der Waals surface area contributed by atoms with Gasteiger partial charge in [0.1, 0.15) is 8.07 Å². The number of halogens is 1. The molecule has 1 rings (SSSR count). The maximum absolute atomic E-state index is 3.77. The average molecular weight is 384 g/mol. The molecule has 0 aliphatic rings. The van der Waals surface area contributed by atoms with Gasteiger partial charge in [0.15, 0.2) is 0 Å². The molecule has 0 bridgehead atoms. The normalized spacial score (nSPS) is 11.9. The van der Waals surface area contributed by atoms with Gasteiger partial charge in [0.25, 0.3) is 0 Å². The van der Waals surface area contributed by atoms with Crippen molar-refractivity contribution < 1.29 is 0 Å². The minimum atomic E-state index is -1.60. The molecule has 0 saturated heterocycles. The maximum atomic E-state index is 3.77. The second-order valence-corrected chi connectivity index (χ2v) is 12.9. The molecule has 0 amide bonds. The van der Waals surface area contributed by atoms with Gasteiger partial charge in [-0.1, -0.05) is 59.6 Å². The third-order valence-electron chi connectivity index (χ3n) is 4.15. The fourth-order valence-corrected chi connectivity index (χ4v) is 8.91. The van der Waals surface area contributed by atoms with E-state index in [4.69, 9.17) is 0 Å². The van der Waals surface area contributed by atoms with Crippen molar-refractivity contribution in [1.82, 2.24) is 0 Å². The number of hydrogen-bond donors (Lipinski definition) is 0. The van der Waals surface area contributed by atoms with Crippen LogP contribution in [0, 0.1) is 15.0 Å². The molecule has 1 aromatic carbocycles. The summed E-state index contributed by atoms with van der Waals surface area (Å²) in [6, 6.07) is 8.42. The van der Waals surface area contributed by atoms with Gasteiger partial charge in [0, 0.05) is 9.13 Å². The van der Waals surface area contributed by atoms with E-state index < -0.39 is 8.07 Å². The van der Waals surface area contributed by atoms with Crippen molar-refractivity contribution in [3.05, 3.63) is 33.4 Å². The lowest BCUT2D eigenvalue weighted by atomic mass is 10.2. The highest BCUT2D eigenvalue weighted by molar-refractivity contribution is 14.1. The highest BCUT2D eigenvalue weighted by atomic mass is 127. The first-order valence-corrected chi connectivity index (χ1v) is 10.4. The van der Waals surface area contributed by atoms with Gasteiger partial charge in [-0.25, -0.2) is 0 Å². The topological polar surface area (TPSA) is 0 Å². The molecule has 0 aliphatic carbocycles. The molecule has 0 saturated carbocycles. The van der Waals surface area contributed by atoms with Crippen LogP contribution in [0.2, 0.25) is 16.6 Å². The molecule has 19 heavy (non-hydrogen) atoms. The molecule has 0 fully saturated rings. The van der Waals surface area contributed by atoms with Gasteiger partial charge in [0.05, 0.1) is 0 Å². The Hall–Kier alpha value is -0.273. The summed E-state index contributed by atoms with van der Waals surface area (Å²) in [5.74, 6) is 3.50. The van der Waals surface area contributed by atoms with Crippen LogP contribution in [0.5, 0.6) is 0 Å². The van der Waals surface area contributed by atoms with E-state index >= 15 is 0 Å². The van der Waals surface area contributed by atoms with E-state index in [9.17, 15) is 0 Å². The fraction of sp³-hybridized carbons (Fsp3) is 0.529. The summed E-state index contributed by atoms with van der Waals surface area (Å²) in [4.78, 5) is 0. The van der Waals surface area contributed by atoms with Crippen LogP contribution >= 0.6 is 22.6 Å². The molecule has 0 unspecified atom stereocenters. The zero-order valence-corrected chi connectivity index (χ0v) is 16.1. The Bertz CT molecular complexity index is 456. The van der Waals surface area contributed by atoms with Crippen molar-refractivity contribution in [2.24, 2.45) is 0 Å². The lowest BCUT2D eigenvalue weighted by Gasteiger charge is -2.38. The summed E-state index contributed by atoms with van der Waals surface area (Å²) in [5.41, 5.74) is 7.04. The predicted molar refractivity (Wildman–Crippen MR) is 97.1 cm³/mol. The Morgan fingerprint density at radius 2 is 1.37 bits per heavy atom. The fourth-order valence-electron chi connectivity index (χ4n) is 3.17. The quantitative estimate of drug-likeness (QED) is 0.348. The van der Waals surface area contributed by atoms with Gasteiger partial charge in [-0.3, -0.25) is 0 Å². The van der Waals surface area contributed by atoms with Crippen molar-refractivity contribution in [3.63, 3.8) is 0 Å². The van der Waals surface area contributed by atoms with Gasteiger partial charge in [-0.2, -0.15) is 0 Å². The van der Waals surface area contributed by atoms with Crippen LogP contribution in [0.4, 0.5) is 0 Å². The number of rotatable bonds is 3. The molecule has 2 heteroatoms. The summed E-state index contributed by atoms with van der Waals surface area (Å²) >= 11 is 2.38. The monoisotopic (exact) mass is 384 g/mol. The first kappa shape index (κ1) is 16.8. The standard InChI is InChI=1S/C17H25ISi/c1-13(2)19(14(3)4,15(5)6)12-11-16-9-7-8-10-17(16)18/h7-10,13-15H,1-6H3. The smallest absolute Gasteiger partial charge is 0.125 e. The van der Waals surface area contributed by atoms with Crippen LogP contribution < -0.4 is 0 Å². The minimum absolute atomic E-state index is 0.696. The molecule has 0 nitrogen and oxygen atoms in total. The van der Waals surface area contributed by atoms with Gasteiger partial charge >= 0.3 is 0 Å². The molecule has 0 aliphatic heterocycles. The van der Waals surface area contributed by atoms with Crippen LogP contribution in [0.25, 0.3) is 0 Å². The van der Waals surface area contributed by atoms with Crippen LogP contribution in [0.15, 0.2) is 24.3 Å². The van der Waals surface area contributed by atoms with Crippen molar-refractivity contribution in [1.29, 1.82) is 0 Å². The molecule has 104 valence electrons. The van der Waals surface area contributed by atoms with Crippen LogP contribution in [-0.2, 0) is 0 Å². The van der Waals surface area contributed by atoms with E-state index in [1.807, 2.05) is 0 Å². The van der Waals surface area contributed by atoms with Crippen molar-refractivity contribution in [2.75, 3.05) is 0 Å². The predicted octanol–water partition coefficient (Wildman–Crippen LogP) is 5.86. The molecular formula is C17H25ISi. The SMILES string of the molecule is CC(C)[Si](C#Cc1ccccc1I)(C(C)C)C(C)C. The molecule has 0 radical (unpaired) electrons. The summed E-state index contributed by atoms with van der Waals surface area (Å²) in [5, 5.41) is 0. The van der Waals surface area contributed by atoms with Crippen LogP contribution in [-0.4, -0.2) is 8.07 Å². The van der Waals surface area contributed by atoms with Gasteiger partial charge in [0.2, 0.25) is 0 Å². The zero-order chi connectivity index (χ0) is 14.6. The summed E-state index contributed by atoms with van der Waals surface area (Å²) < 4.78 is 1.26. The van der Waals surface area contributed by atoms with Gasteiger partial charge in [-0.05, 0) is 51.3 Å². The molecule has 0 heterocycles. The first-order valence-electron chi connectivity index (χ1n) is 7.10. The number of hydrogen-bond acceptors (Lipinski definition) is 0. The second kappa shape index (κ2) is 6.94. The van der Waals surface area contributed by atoms with Crippen molar-refractivity contribution >= 4 is 30.7 Å². The first-order chi connectivity index (χ1) is 8.82. The molecule has 1 aromatic rings. The van der Waals surface area contributed by atoms with Gasteiger partial charge < -0.3 is 0 Å². The Morgan fingerprint density at radius 3 is 1.79 bits per heavy atom. The molecular weight excluding hydrogens is 359 g/mol. The largest absolute Gasteiger partial charge is 0.146 e. The van der Waals surface area contributed by atoms with E-state index in [-0.39, 0.29) is 0 Å². The lowest BCUT2D eigenvalue weighted by molar-refractivity contribution is 0.838. The third kappa shape index (κ3) is 3.64. The van der Waals surface area contributed by atoms with Crippen molar-refractivity contribution in [2.45, 2.75) is 58.2 Å². The molecule has 0 aromatic heterocycles. The molecule has 0 spiro atoms. The summed E-state index contributed by atoms with van der Waals surface area (Å²) in [6.45, 7) is 14.1. The maximum Gasteiger partial charge on any atom is 0.146 e. The lowest BCUT2D eigenvalue weighted by Crippen LogP contribution is -2.43. The van der Waals surface area contributed by atoms with Crippen LogP contribution in [0.3, 0.4) is 0 Å². The number of benzene rings is 1. The highest BCUT2D eigenvalue weighted by Crippen LogP contribution is 2.40. The molecule has 0 atom stereocenters. The van der Waals surface area contributed by atoms with Crippen LogP contribution in [0.1, 0.15) is 47.1 Å². The van der Waals surface area contributed by atoms with E-state index in [1.54, 1.807) is 0 Å². The Kier molecular flexibility index (Phi) is 6.13.